The molecule has 1 fully saturated rings. The molecule has 0 amide bonds. The number of hydrogen-bond acceptors (Lipinski definition) is 2. The van der Waals surface area contributed by atoms with Crippen molar-refractivity contribution in [3.8, 4) is 6.07 Å². The van der Waals surface area contributed by atoms with Crippen LogP contribution in [-0.4, -0.2) is 19.3 Å². The monoisotopic (exact) mass is 190 g/mol. The lowest BCUT2D eigenvalue weighted by molar-refractivity contribution is 0.364. The SMILES string of the molecule is N#Cc1ccccc1N1CC[C@@H](F)C1. The first-order chi connectivity index (χ1) is 6.81. The van der Waals surface area contributed by atoms with E-state index < -0.39 is 6.17 Å². The first-order valence-corrected chi connectivity index (χ1v) is 4.69. The lowest BCUT2D eigenvalue weighted by Crippen LogP contribution is -2.20. The van der Waals surface area contributed by atoms with Crippen LogP contribution in [0.2, 0.25) is 0 Å². The summed E-state index contributed by atoms with van der Waals surface area (Å²) >= 11 is 0. The largest absolute Gasteiger partial charge is 0.367 e. The molecule has 1 aliphatic rings. The smallest absolute Gasteiger partial charge is 0.119 e. The van der Waals surface area contributed by atoms with Crippen LogP contribution in [0.25, 0.3) is 0 Å². The molecule has 1 atom stereocenters. The van der Waals surface area contributed by atoms with E-state index >= 15 is 0 Å². The van der Waals surface area contributed by atoms with Crippen LogP contribution in [0, 0.1) is 11.3 Å². The normalized spacial score (nSPS) is 20.9. The summed E-state index contributed by atoms with van der Waals surface area (Å²) in [6, 6.07) is 9.46. The van der Waals surface area contributed by atoms with Gasteiger partial charge in [0.15, 0.2) is 0 Å². The highest BCUT2D eigenvalue weighted by Crippen LogP contribution is 2.24. The molecule has 0 N–H and O–H groups in total. The molecule has 3 heteroatoms. The predicted molar refractivity (Wildman–Crippen MR) is 52.9 cm³/mol. The Hall–Kier alpha value is -1.56. The van der Waals surface area contributed by atoms with Gasteiger partial charge in [0, 0.05) is 13.1 Å². The number of para-hydroxylation sites is 1. The van der Waals surface area contributed by atoms with E-state index in [9.17, 15) is 4.39 Å². The van der Waals surface area contributed by atoms with Crippen LogP contribution in [0.3, 0.4) is 0 Å². The third kappa shape index (κ3) is 1.56. The van der Waals surface area contributed by atoms with Gasteiger partial charge in [-0.1, -0.05) is 12.1 Å². The molecule has 1 aromatic carbocycles. The second-order valence-corrected chi connectivity index (χ2v) is 3.46. The number of halogens is 1. The van der Waals surface area contributed by atoms with Crippen molar-refractivity contribution in [3.63, 3.8) is 0 Å². The highest BCUT2D eigenvalue weighted by molar-refractivity contribution is 5.59. The Balaban J connectivity index is 2.28. The van der Waals surface area contributed by atoms with E-state index in [1.165, 1.54) is 0 Å². The topological polar surface area (TPSA) is 27.0 Å². The van der Waals surface area contributed by atoms with Crippen LogP contribution in [0.15, 0.2) is 24.3 Å². The number of alkyl halides is 1. The molecule has 72 valence electrons. The molecular weight excluding hydrogens is 179 g/mol. The van der Waals surface area contributed by atoms with Crippen molar-refractivity contribution in [1.82, 2.24) is 0 Å². The fourth-order valence-corrected chi connectivity index (χ4v) is 1.78. The summed E-state index contributed by atoms with van der Waals surface area (Å²) in [4.78, 5) is 1.93. The van der Waals surface area contributed by atoms with Crippen molar-refractivity contribution < 1.29 is 4.39 Å². The van der Waals surface area contributed by atoms with Gasteiger partial charge in [-0.05, 0) is 18.6 Å². The number of nitrogens with zero attached hydrogens (tertiary/aromatic N) is 2. The Bertz CT molecular complexity index is 370. The Morgan fingerprint density at radius 1 is 1.43 bits per heavy atom. The number of rotatable bonds is 1. The molecule has 2 nitrogen and oxygen atoms in total. The highest BCUT2D eigenvalue weighted by Gasteiger charge is 2.23. The molecule has 2 rings (SSSR count). The van der Waals surface area contributed by atoms with Gasteiger partial charge in [0.2, 0.25) is 0 Å². The van der Waals surface area contributed by atoms with Crippen molar-refractivity contribution in [3.05, 3.63) is 29.8 Å². The molecule has 0 unspecified atom stereocenters. The third-order valence-electron chi connectivity index (χ3n) is 2.50. The van der Waals surface area contributed by atoms with E-state index in [4.69, 9.17) is 5.26 Å². The predicted octanol–water partition coefficient (Wildman–Crippen LogP) is 2.11. The molecule has 0 bridgehead atoms. The van der Waals surface area contributed by atoms with Crippen molar-refractivity contribution >= 4 is 5.69 Å². The molecule has 0 radical (unpaired) electrons. The van der Waals surface area contributed by atoms with Crippen molar-refractivity contribution in [2.45, 2.75) is 12.6 Å². The zero-order chi connectivity index (χ0) is 9.97. The lowest BCUT2D eigenvalue weighted by atomic mass is 10.2. The van der Waals surface area contributed by atoms with Gasteiger partial charge >= 0.3 is 0 Å². The zero-order valence-corrected chi connectivity index (χ0v) is 7.78. The Kier molecular flexibility index (Phi) is 2.36. The summed E-state index contributed by atoms with van der Waals surface area (Å²) in [5.74, 6) is 0. The average Bonchev–Trinajstić information content (AvgIpc) is 2.65. The van der Waals surface area contributed by atoms with Gasteiger partial charge < -0.3 is 4.90 Å². The maximum absolute atomic E-state index is 13.0. The Labute approximate surface area is 82.6 Å². The van der Waals surface area contributed by atoms with E-state index in [0.29, 0.717) is 25.1 Å². The molecule has 0 aliphatic carbocycles. The van der Waals surface area contributed by atoms with E-state index in [1.807, 2.05) is 23.1 Å². The fraction of sp³-hybridized carbons (Fsp3) is 0.364. The molecule has 0 spiro atoms. The van der Waals surface area contributed by atoms with Crippen LogP contribution < -0.4 is 4.90 Å². The standard InChI is InChI=1S/C11H11FN2/c12-10-5-6-14(8-10)11-4-2-1-3-9(11)7-13/h1-4,10H,5-6,8H2/t10-/m1/s1. The molecular formula is C11H11FN2. The van der Waals surface area contributed by atoms with Crippen LogP contribution in [-0.2, 0) is 0 Å². The zero-order valence-electron chi connectivity index (χ0n) is 7.78. The minimum Gasteiger partial charge on any atom is -0.367 e. The summed E-state index contributed by atoms with van der Waals surface area (Å²) in [7, 11) is 0. The average molecular weight is 190 g/mol. The number of anilines is 1. The first kappa shape index (κ1) is 9.01. The van der Waals surface area contributed by atoms with Gasteiger partial charge in [-0.15, -0.1) is 0 Å². The quantitative estimate of drug-likeness (QED) is 0.678. The van der Waals surface area contributed by atoms with Crippen molar-refractivity contribution in [2.75, 3.05) is 18.0 Å². The molecule has 0 saturated carbocycles. The molecule has 0 aromatic heterocycles. The fourth-order valence-electron chi connectivity index (χ4n) is 1.78. The number of hydrogen-bond donors (Lipinski definition) is 0. The van der Waals surface area contributed by atoms with E-state index in [1.54, 1.807) is 6.07 Å². The molecule has 14 heavy (non-hydrogen) atoms. The van der Waals surface area contributed by atoms with Gasteiger partial charge in [-0.3, -0.25) is 0 Å². The van der Waals surface area contributed by atoms with Crippen molar-refractivity contribution in [1.29, 1.82) is 5.26 Å². The second-order valence-electron chi connectivity index (χ2n) is 3.46. The molecule has 1 saturated heterocycles. The number of nitriles is 1. The van der Waals surface area contributed by atoms with Crippen LogP contribution >= 0.6 is 0 Å². The third-order valence-corrected chi connectivity index (χ3v) is 2.50. The molecule has 1 aliphatic heterocycles. The summed E-state index contributed by atoms with van der Waals surface area (Å²) in [6.45, 7) is 1.12. The second kappa shape index (κ2) is 3.67. The summed E-state index contributed by atoms with van der Waals surface area (Å²) in [5, 5.41) is 8.87. The first-order valence-electron chi connectivity index (χ1n) is 4.69. The molecule has 1 aromatic rings. The highest BCUT2D eigenvalue weighted by atomic mass is 19.1. The maximum atomic E-state index is 13.0. The minimum absolute atomic E-state index is 0.415. The summed E-state index contributed by atoms with van der Waals surface area (Å²) in [5.41, 5.74) is 1.48. The van der Waals surface area contributed by atoms with Crippen LogP contribution in [0.1, 0.15) is 12.0 Å². The number of benzene rings is 1. The van der Waals surface area contributed by atoms with E-state index in [-0.39, 0.29) is 0 Å². The van der Waals surface area contributed by atoms with Crippen molar-refractivity contribution in [2.24, 2.45) is 0 Å². The molecule has 1 heterocycles. The van der Waals surface area contributed by atoms with Gasteiger partial charge in [0.25, 0.3) is 0 Å². The Morgan fingerprint density at radius 3 is 2.86 bits per heavy atom. The van der Waals surface area contributed by atoms with Gasteiger partial charge in [-0.2, -0.15) is 5.26 Å². The van der Waals surface area contributed by atoms with Gasteiger partial charge in [0.05, 0.1) is 11.3 Å². The van der Waals surface area contributed by atoms with Crippen LogP contribution in [0.5, 0.6) is 0 Å². The van der Waals surface area contributed by atoms with E-state index in [2.05, 4.69) is 6.07 Å². The van der Waals surface area contributed by atoms with Gasteiger partial charge in [0.1, 0.15) is 12.2 Å². The summed E-state index contributed by atoms with van der Waals surface area (Å²) in [6.07, 6.45) is -0.179. The van der Waals surface area contributed by atoms with Crippen LogP contribution in [0.4, 0.5) is 10.1 Å². The van der Waals surface area contributed by atoms with Gasteiger partial charge in [-0.25, -0.2) is 4.39 Å². The maximum Gasteiger partial charge on any atom is 0.119 e. The Morgan fingerprint density at radius 2 is 2.21 bits per heavy atom. The minimum atomic E-state index is -0.748. The summed E-state index contributed by atoms with van der Waals surface area (Å²) < 4.78 is 13.0. The lowest BCUT2D eigenvalue weighted by Gasteiger charge is -2.18. The van der Waals surface area contributed by atoms with E-state index in [0.717, 1.165) is 5.69 Å².